The molecule has 0 N–H and O–H groups in total. The fourth-order valence-electron chi connectivity index (χ4n) is 3.26. The van der Waals surface area contributed by atoms with Gasteiger partial charge in [-0.2, -0.15) is 26.3 Å². The number of hydrogen-bond donors (Lipinski definition) is 0. The smallest absolute Gasteiger partial charge is 0.311 e. The van der Waals surface area contributed by atoms with Gasteiger partial charge in [0.05, 0.1) is 11.0 Å². The molecule has 2 aromatic rings. The Hall–Kier alpha value is -1.73. The van der Waals surface area contributed by atoms with Crippen molar-refractivity contribution in [3.8, 4) is 0 Å². The van der Waals surface area contributed by atoms with Gasteiger partial charge in [-0.25, -0.2) is 4.98 Å². The fraction of sp³-hybridized carbons (Fsp3) is 0.562. The summed E-state index contributed by atoms with van der Waals surface area (Å²) >= 11 is 0. The second kappa shape index (κ2) is 5.39. The highest BCUT2D eigenvalue weighted by molar-refractivity contribution is 5.77. The first kappa shape index (κ1) is 17.1. The van der Waals surface area contributed by atoms with Crippen LogP contribution in [0.2, 0.25) is 0 Å². The van der Waals surface area contributed by atoms with Gasteiger partial charge in [0.1, 0.15) is 6.54 Å². The third-order valence-electron chi connectivity index (χ3n) is 4.49. The summed E-state index contributed by atoms with van der Waals surface area (Å²) in [5.74, 6) is -0.471. The van der Waals surface area contributed by atoms with E-state index in [4.69, 9.17) is 0 Å². The summed E-state index contributed by atoms with van der Waals surface area (Å²) < 4.78 is 77.6. The van der Waals surface area contributed by atoms with E-state index in [1.54, 1.807) is 6.07 Å². The van der Waals surface area contributed by atoms with Gasteiger partial charge in [-0.15, -0.1) is 0 Å². The lowest BCUT2D eigenvalue weighted by Crippen LogP contribution is -2.23. The van der Waals surface area contributed by atoms with Crippen LogP contribution in [0.5, 0.6) is 0 Å². The maximum Gasteiger partial charge on any atom is 0.449 e. The molecule has 0 amide bonds. The Morgan fingerprint density at radius 3 is 2.33 bits per heavy atom. The van der Waals surface area contributed by atoms with Gasteiger partial charge in [-0.05, 0) is 41.9 Å². The number of halogens is 6. The highest BCUT2D eigenvalue weighted by Crippen LogP contribution is 2.52. The quantitative estimate of drug-likeness (QED) is 0.680. The van der Waals surface area contributed by atoms with E-state index in [0.717, 1.165) is 12.0 Å². The molecule has 1 aliphatic rings. The minimum Gasteiger partial charge on any atom is -0.311 e. The van der Waals surface area contributed by atoms with E-state index in [1.165, 1.54) is 12.1 Å². The summed E-state index contributed by atoms with van der Waals surface area (Å²) in [5.41, 5.74) is 0.585. The van der Waals surface area contributed by atoms with Crippen LogP contribution in [0.4, 0.5) is 26.3 Å². The molecule has 1 aromatic heterocycles. The van der Waals surface area contributed by atoms with Gasteiger partial charge >= 0.3 is 12.4 Å². The van der Waals surface area contributed by atoms with E-state index in [1.807, 2.05) is 0 Å². The number of hydrogen-bond acceptors (Lipinski definition) is 1. The van der Waals surface area contributed by atoms with Crippen molar-refractivity contribution < 1.29 is 26.3 Å². The lowest BCUT2D eigenvalue weighted by molar-refractivity contribution is -0.160. The first-order valence-corrected chi connectivity index (χ1v) is 7.61. The van der Waals surface area contributed by atoms with E-state index in [-0.39, 0.29) is 21.5 Å². The summed E-state index contributed by atoms with van der Waals surface area (Å²) in [6, 6.07) is 4.47. The summed E-state index contributed by atoms with van der Waals surface area (Å²) in [7, 11) is 0. The van der Waals surface area contributed by atoms with Crippen LogP contribution in [-0.2, 0) is 12.7 Å². The van der Waals surface area contributed by atoms with Crippen molar-refractivity contribution >= 4 is 11.0 Å². The highest BCUT2D eigenvalue weighted by atomic mass is 19.4. The van der Waals surface area contributed by atoms with Crippen molar-refractivity contribution in [2.75, 3.05) is 0 Å². The predicted octanol–water partition coefficient (Wildman–Crippen LogP) is 5.38. The molecule has 1 aliphatic carbocycles. The first-order valence-electron chi connectivity index (χ1n) is 7.61. The van der Waals surface area contributed by atoms with E-state index >= 15 is 0 Å². The topological polar surface area (TPSA) is 17.8 Å². The molecule has 0 radical (unpaired) electrons. The van der Waals surface area contributed by atoms with E-state index in [0.29, 0.717) is 11.8 Å². The van der Waals surface area contributed by atoms with Gasteiger partial charge in [0.15, 0.2) is 0 Å². The molecule has 1 aromatic carbocycles. The van der Waals surface area contributed by atoms with Crippen molar-refractivity contribution in [2.24, 2.45) is 11.8 Å². The van der Waals surface area contributed by atoms with Crippen molar-refractivity contribution in [1.82, 2.24) is 9.55 Å². The number of rotatable bonds is 3. The van der Waals surface area contributed by atoms with Crippen LogP contribution in [-0.4, -0.2) is 15.7 Å². The number of fused-ring (bicyclic) bond motifs is 1. The van der Waals surface area contributed by atoms with Crippen LogP contribution in [0.25, 0.3) is 11.0 Å². The minimum absolute atomic E-state index is 0.0722. The predicted molar refractivity (Wildman–Crippen MR) is 76.5 cm³/mol. The summed E-state index contributed by atoms with van der Waals surface area (Å²) in [5, 5.41) is 0. The SMILES string of the molecule is CC(C)[C@H]1C[C@@H]1c1ccc2nc(C(F)(F)F)n(CC(F)(F)F)c2c1. The standard InChI is InChI=1S/C16H16F6N2/c1-8(2)10-6-11(10)9-3-4-12-13(5-9)24(7-15(17,18)19)14(23-12)16(20,21)22/h3-5,8,10-11H,6-7H2,1-2H3/t10-,11-/m1/s1. The minimum atomic E-state index is -4.94. The van der Waals surface area contributed by atoms with Gasteiger partial charge in [-0.3, -0.25) is 0 Å². The van der Waals surface area contributed by atoms with Crippen molar-refractivity contribution in [2.45, 2.75) is 45.1 Å². The lowest BCUT2D eigenvalue weighted by Gasteiger charge is -2.13. The Labute approximate surface area is 134 Å². The van der Waals surface area contributed by atoms with Crippen LogP contribution < -0.4 is 0 Å². The average Bonchev–Trinajstić information content (AvgIpc) is 3.14. The Kier molecular flexibility index (Phi) is 3.84. The molecule has 0 spiro atoms. The van der Waals surface area contributed by atoms with E-state index < -0.39 is 24.7 Å². The molecule has 8 heteroatoms. The molecule has 0 unspecified atom stereocenters. The molecular formula is C16H16F6N2. The Morgan fingerprint density at radius 1 is 1.17 bits per heavy atom. The normalized spacial score (nSPS) is 21.7. The first-order chi connectivity index (χ1) is 11.0. The van der Waals surface area contributed by atoms with E-state index in [9.17, 15) is 26.3 Å². The third kappa shape index (κ3) is 3.23. The second-order valence-corrected chi connectivity index (χ2v) is 6.63. The Morgan fingerprint density at radius 2 is 1.83 bits per heavy atom. The van der Waals surface area contributed by atoms with Crippen LogP contribution >= 0.6 is 0 Å². The summed E-state index contributed by atoms with van der Waals surface area (Å²) in [6.45, 7) is 2.40. The van der Waals surface area contributed by atoms with E-state index in [2.05, 4.69) is 18.8 Å². The van der Waals surface area contributed by atoms with Gasteiger partial charge in [0.25, 0.3) is 0 Å². The molecular weight excluding hydrogens is 334 g/mol. The second-order valence-electron chi connectivity index (χ2n) is 6.63. The van der Waals surface area contributed by atoms with Crippen LogP contribution in [0.15, 0.2) is 18.2 Å². The molecule has 1 saturated carbocycles. The molecule has 2 nitrogen and oxygen atoms in total. The van der Waals surface area contributed by atoms with Gasteiger partial charge < -0.3 is 4.57 Å². The van der Waals surface area contributed by atoms with Crippen LogP contribution in [0.3, 0.4) is 0 Å². The third-order valence-corrected chi connectivity index (χ3v) is 4.49. The highest BCUT2D eigenvalue weighted by Gasteiger charge is 2.42. The molecule has 0 saturated heterocycles. The van der Waals surface area contributed by atoms with Crippen molar-refractivity contribution in [3.05, 3.63) is 29.6 Å². The van der Waals surface area contributed by atoms with Crippen LogP contribution in [0.1, 0.15) is 37.6 Å². The zero-order valence-corrected chi connectivity index (χ0v) is 13.0. The molecule has 3 rings (SSSR count). The molecule has 1 fully saturated rings. The van der Waals surface area contributed by atoms with Gasteiger partial charge in [0, 0.05) is 0 Å². The molecule has 24 heavy (non-hydrogen) atoms. The monoisotopic (exact) mass is 350 g/mol. The zero-order valence-electron chi connectivity index (χ0n) is 13.0. The number of benzene rings is 1. The van der Waals surface area contributed by atoms with Crippen molar-refractivity contribution in [1.29, 1.82) is 0 Å². The van der Waals surface area contributed by atoms with Crippen molar-refractivity contribution in [3.63, 3.8) is 0 Å². The fourth-order valence-corrected chi connectivity index (χ4v) is 3.26. The largest absolute Gasteiger partial charge is 0.449 e. The van der Waals surface area contributed by atoms with Crippen LogP contribution in [0, 0.1) is 11.8 Å². The number of aromatic nitrogens is 2. The molecule has 0 aliphatic heterocycles. The molecule has 2 atom stereocenters. The number of nitrogens with zero attached hydrogens (tertiary/aromatic N) is 2. The van der Waals surface area contributed by atoms with Gasteiger partial charge in [0.2, 0.25) is 5.82 Å². The van der Waals surface area contributed by atoms with Gasteiger partial charge in [-0.1, -0.05) is 19.9 Å². The average molecular weight is 350 g/mol. The summed E-state index contributed by atoms with van der Waals surface area (Å²) in [4.78, 5) is 3.38. The summed E-state index contributed by atoms with van der Waals surface area (Å²) in [6.07, 6.45) is -8.79. The molecule has 132 valence electrons. The Balaban J connectivity index is 2.09. The number of imidazole rings is 1. The number of alkyl halides is 6. The lowest BCUT2D eigenvalue weighted by atomic mass is 10.0. The molecule has 1 heterocycles. The maximum atomic E-state index is 13.1. The molecule has 0 bridgehead atoms. The zero-order chi connectivity index (χ0) is 17.9. The maximum absolute atomic E-state index is 13.1. The Bertz CT molecular complexity index is 756.